The SMILES string of the molecule is CCn1c2ccccc2c2c(C)c(-c3ccc(Cl)cc3)ccc21. The molecule has 0 amide bonds. The third-order valence-electron chi connectivity index (χ3n) is 4.67. The molecule has 0 aliphatic carbocycles. The van der Waals surface area contributed by atoms with Crippen molar-refractivity contribution in [2.24, 2.45) is 0 Å². The van der Waals surface area contributed by atoms with E-state index in [4.69, 9.17) is 11.6 Å². The first-order valence-corrected chi connectivity index (χ1v) is 8.35. The highest BCUT2D eigenvalue weighted by Gasteiger charge is 2.14. The predicted octanol–water partition coefficient (Wildman–Crippen LogP) is 6.44. The van der Waals surface area contributed by atoms with Gasteiger partial charge in [-0.05, 0) is 54.8 Å². The van der Waals surface area contributed by atoms with Crippen LogP contribution in [0.15, 0.2) is 60.7 Å². The van der Waals surface area contributed by atoms with Gasteiger partial charge in [-0.2, -0.15) is 0 Å². The molecule has 3 aromatic carbocycles. The summed E-state index contributed by atoms with van der Waals surface area (Å²) in [4.78, 5) is 0. The highest BCUT2D eigenvalue weighted by Crippen LogP contribution is 2.36. The normalized spacial score (nSPS) is 11.4. The summed E-state index contributed by atoms with van der Waals surface area (Å²) < 4.78 is 2.39. The van der Waals surface area contributed by atoms with Gasteiger partial charge in [-0.15, -0.1) is 0 Å². The molecule has 0 saturated heterocycles. The van der Waals surface area contributed by atoms with E-state index < -0.39 is 0 Å². The van der Waals surface area contributed by atoms with Crippen molar-refractivity contribution < 1.29 is 0 Å². The largest absolute Gasteiger partial charge is 0.341 e. The fraction of sp³-hybridized carbons (Fsp3) is 0.143. The molecule has 0 saturated carbocycles. The van der Waals surface area contributed by atoms with E-state index in [0.29, 0.717) is 0 Å². The smallest absolute Gasteiger partial charge is 0.0494 e. The van der Waals surface area contributed by atoms with Crippen molar-refractivity contribution in [1.29, 1.82) is 0 Å². The number of hydrogen-bond acceptors (Lipinski definition) is 0. The highest BCUT2D eigenvalue weighted by atomic mass is 35.5. The number of halogens is 1. The lowest BCUT2D eigenvalue weighted by Crippen LogP contribution is -1.93. The molecule has 0 aliphatic heterocycles. The minimum atomic E-state index is 0.773. The summed E-state index contributed by atoms with van der Waals surface area (Å²) in [6.45, 7) is 5.40. The van der Waals surface area contributed by atoms with Crippen LogP contribution in [0.3, 0.4) is 0 Å². The Hall–Kier alpha value is -2.25. The zero-order valence-electron chi connectivity index (χ0n) is 13.3. The second kappa shape index (κ2) is 5.43. The standard InChI is InChI=1S/C21H18ClN/c1-3-23-19-7-5-4-6-18(19)21-14(2)17(12-13-20(21)23)15-8-10-16(22)11-9-15/h4-13H,3H2,1-2H3. The summed E-state index contributed by atoms with van der Waals surface area (Å²) in [6.07, 6.45) is 0. The Labute approximate surface area is 141 Å². The van der Waals surface area contributed by atoms with E-state index in [0.717, 1.165) is 11.6 Å². The maximum Gasteiger partial charge on any atom is 0.0494 e. The molecular formula is C21H18ClN. The Bertz CT molecular complexity index is 1010. The molecule has 0 unspecified atom stereocenters. The molecule has 0 spiro atoms. The maximum atomic E-state index is 6.03. The average Bonchev–Trinajstić information content (AvgIpc) is 2.90. The molecule has 114 valence electrons. The molecule has 0 N–H and O–H groups in total. The predicted molar refractivity (Wildman–Crippen MR) is 100 cm³/mol. The molecule has 2 heteroatoms. The van der Waals surface area contributed by atoms with Gasteiger partial charge in [0.25, 0.3) is 0 Å². The van der Waals surface area contributed by atoms with Crippen LogP contribution in [-0.2, 0) is 6.54 Å². The van der Waals surface area contributed by atoms with Crippen molar-refractivity contribution in [3.8, 4) is 11.1 Å². The van der Waals surface area contributed by atoms with E-state index in [1.807, 2.05) is 12.1 Å². The zero-order chi connectivity index (χ0) is 16.0. The van der Waals surface area contributed by atoms with Crippen LogP contribution in [-0.4, -0.2) is 4.57 Å². The zero-order valence-corrected chi connectivity index (χ0v) is 14.1. The lowest BCUT2D eigenvalue weighted by molar-refractivity contribution is 0.827. The Kier molecular flexibility index (Phi) is 3.39. The van der Waals surface area contributed by atoms with E-state index >= 15 is 0 Å². The topological polar surface area (TPSA) is 4.93 Å². The van der Waals surface area contributed by atoms with Gasteiger partial charge >= 0.3 is 0 Å². The fourth-order valence-electron chi connectivity index (χ4n) is 3.60. The van der Waals surface area contributed by atoms with Gasteiger partial charge in [-0.1, -0.05) is 48.0 Å². The first-order chi connectivity index (χ1) is 11.2. The molecule has 0 fully saturated rings. The van der Waals surface area contributed by atoms with Gasteiger partial charge in [0, 0.05) is 33.4 Å². The minimum absolute atomic E-state index is 0.773. The lowest BCUT2D eigenvalue weighted by Gasteiger charge is -2.09. The summed E-state index contributed by atoms with van der Waals surface area (Å²) in [6, 6.07) is 21.2. The third kappa shape index (κ3) is 2.15. The number of nitrogens with zero attached hydrogens (tertiary/aromatic N) is 1. The van der Waals surface area contributed by atoms with E-state index in [-0.39, 0.29) is 0 Å². The van der Waals surface area contributed by atoms with Crippen LogP contribution in [0.1, 0.15) is 12.5 Å². The molecule has 0 atom stereocenters. The van der Waals surface area contributed by atoms with Crippen molar-refractivity contribution in [2.75, 3.05) is 0 Å². The van der Waals surface area contributed by atoms with Crippen LogP contribution in [0.5, 0.6) is 0 Å². The van der Waals surface area contributed by atoms with Gasteiger partial charge in [0.15, 0.2) is 0 Å². The Balaban J connectivity index is 2.09. The molecule has 1 nitrogen and oxygen atoms in total. The van der Waals surface area contributed by atoms with Gasteiger partial charge < -0.3 is 4.57 Å². The quantitative estimate of drug-likeness (QED) is 0.400. The van der Waals surface area contributed by atoms with Crippen LogP contribution in [0.2, 0.25) is 5.02 Å². The summed E-state index contributed by atoms with van der Waals surface area (Å²) in [5.41, 5.74) is 6.42. The number of aromatic nitrogens is 1. The van der Waals surface area contributed by atoms with Crippen molar-refractivity contribution in [1.82, 2.24) is 4.57 Å². The van der Waals surface area contributed by atoms with E-state index in [1.54, 1.807) is 0 Å². The fourth-order valence-corrected chi connectivity index (χ4v) is 3.72. The van der Waals surface area contributed by atoms with Crippen molar-refractivity contribution in [3.05, 3.63) is 71.2 Å². The number of hydrogen-bond donors (Lipinski definition) is 0. The molecule has 0 aliphatic rings. The molecule has 4 aromatic rings. The molecule has 0 radical (unpaired) electrons. The first-order valence-electron chi connectivity index (χ1n) is 7.97. The number of fused-ring (bicyclic) bond motifs is 3. The van der Waals surface area contributed by atoms with Gasteiger partial charge in [0.05, 0.1) is 0 Å². The maximum absolute atomic E-state index is 6.03. The second-order valence-electron chi connectivity index (χ2n) is 5.90. The monoisotopic (exact) mass is 319 g/mol. The van der Waals surface area contributed by atoms with Crippen LogP contribution >= 0.6 is 11.6 Å². The third-order valence-corrected chi connectivity index (χ3v) is 4.92. The molecular weight excluding hydrogens is 302 g/mol. The second-order valence-corrected chi connectivity index (χ2v) is 6.34. The van der Waals surface area contributed by atoms with Crippen LogP contribution < -0.4 is 0 Å². The van der Waals surface area contributed by atoms with Crippen molar-refractivity contribution in [2.45, 2.75) is 20.4 Å². The van der Waals surface area contributed by atoms with Gasteiger partial charge in [0.1, 0.15) is 0 Å². The van der Waals surface area contributed by atoms with Crippen LogP contribution in [0.4, 0.5) is 0 Å². The summed E-state index contributed by atoms with van der Waals surface area (Å²) >= 11 is 6.03. The molecule has 1 heterocycles. The van der Waals surface area contributed by atoms with Gasteiger partial charge in [0.2, 0.25) is 0 Å². The van der Waals surface area contributed by atoms with Gasteiger partial charge in [-0.3, -0.25) is 0 Å². The van der Waals surface area contributed by atoms with E-state index in [9.17, 15) is 0 Å². The van der Waals surface area contributed by atoms with Crippen molar-refractivity contribution in [3.63, 3.8) is 0 Å². The van der Waals surface area contributed by atoms with Gasteiger partial charge in [-0.25, -0.2) is 0 Å². The summed E-state index contributed by atoms with van der Waals surface area (Å²) in [5.74, 6) is 0. The highest BCUT2D eigenvalue weighted by molar-refractivity contribution is 6.30. The Morgan fingerprint density at radius 3 is 2.35 bits per heavy atom. The summed E-state index contributed by atoms with van der Waals surface area (Å²) in [7, 11) is 0. The molecule has 0 bridgehead atoms. The number of rotatable bonds is 2. The number of para-hydroxylation sites is 1. The Morgan fingerprint density at radius 1 is 0.870 bits per heavy atom. The lowest BCUT2D eigenvalue weighted by atomic mass is 9.96. The average molecular weight is 320 g/mol. The number of aryl methyl sites for hydroxylation is 2. The molecule has 4 rings (SSSR count). The molecule has 23 heavy (non-hydrogen) atoms. The van der Waals surface area contributed by atoms with E-state index in [1.165, 1.54) is 38.5 Å². The minimum Gasteiger partial charge on any atom is -0.341 e. The van der Waals surface area contributed by atoms with Crippen LogP contribution in [0.25, 0.3) is 32.9 Å². The molecule has 1 aromatic heterocycles. The van der Waals surface area contributed by atoms with Crippen LogP contribution in [0, 0.1) is 6.92 Å². The first kappa shape index (κ1) is 14.3. The van der Waals surface area contributed by atoms with Crippen molar-refractivity contribution >= 4 is 33.4 Å². The van der Waals surface area contributed by atoms with E-state index in [2.05, 4.69) is 66.9 Å². The Morgan fingerprint density at radius 2 is 1.61 bits per heavy atom. The summed E-state index contributed by atoms with van der Waals surface area (Å²) in [5, 5.41) is 3.46. The number of benzene rings is 3.